The summed E-state index contributed by atoms with van der Waals surface area (Å²) in [6.07, 6.45) is 5.14. The molecule has 98 valence electrons. The van der Waals surface area contributed by atoms with Crippen molar-refractivity contribution in [2.24, 2.45) is 5.92 Å². The summed E-state index contributed by atoms with van der Waals surface area (Å²) in [5.41, 5.74) is 1.78. The fourth-order valence-corrected chi connectivity index (χ4v) is 2.31. The summed E-state index contributed by atoms with van der Waals surface area (Å²) in [6.45, 7) is 1.77. The highest BCUT2D eigenvalue weighted by atomic mass is 19.1. The zero-order chi connectivity index (χ0) is 12.5. The van der Waals surface area contributed by atoms with Gasteiger partial charge in [0, 0.05) is 26.2 Å². The third-order valence-electron chi connectivity index (χ3n) is 3.82. The molecule has 2 aliphatic rings. The molecule has 0 unspecified atom stereocenters. The van der Waals surface area contributed by atoms with Crippen LogP contribution < -0.4 is 10.2 Å². The average molecular weight is 248 g/mol. The molecule has 0 radical (unpaired) electrons. The molecular formula is C15H21FN2. The van der Waals surface area contributed by atoms with E-state index in [0.717, 1.165) is 30.3 Å². The maximum atomic E-state index is 14.0. The van der Waals surface area contributed by atoms with Gasteiger partial charge in [-0.2, -0.15) is 0 Å². The number of nitrogens with one attached hydrogen (secondary N) is 1. The van der Waals surface area contributed by atoms with Crippen molar-refractivity contribution in [1.29, 1.82) is 0 Å². The van der Waals surface area contributed by atoms with Crippen molar-refractivity contribution in [3.8, 4) is 0 Å². The normalized spacial score (nSPS) is 19.0. The molecule has 0 heterocycles. The molecular weight excluding hydrogens is 227 g/mol. The lowest BCUT2D eigenvalue weighted by molar-refractivity contribution is 0.612. The lowest BCUT2D eigenvalue weighted by Crippen LogP contribution is -2.21. The van der Waals surface area contributed by atoms with Crippen molar-refractivity contribution < 1.29 is 4.39 Å². The second kappa shape index (κ2) is 4.88. The second-order valence-corrected chi connectivity index (χ2v) is 5.76. The van der Waals surface area contributed by atoms with Crippen LogP contribution in [-0.2, 0) is 6.54 Å². The van der Waals surface area contributed by atoms with Crippen LogP contribution in [0.2, 0.25) is 0 Å². The molecule has 0 spiro atoms. The Morgan fingerprint density at radius 2 is 2.06 bits per heavy atom. The minimum atomic E-state index is -0.0896. The molecule has 2 aliphatic carbocycles. The summed E-state index contributed by atoms with van der Waals surface area (Å²) < 4.78 is 14.0. The quantitative estimate of drug-likeness (QED) is 0.832. The highest BCUT2D eigenvalue weighted by Gasteiger charge is 2.24. The minimum Gasteiger partial charge on any atom is -0.372 e. The van der Waals surface area contributed by atoms with Gasteiger partial charge in [-0.15, -0.1) is 0 Å². The zero-order valence-electron chi connectivity index (χ0n) is 11.0. The Bertz CT molecular complexity index is 425. The predicted octanol–water partition coefficient (Wildman–Crippen LogP) is 2.92. The summed E-state index contributed by atoms with van der Waals surface area (Å²) in [7, 11) is 1.98. The molecule has 0 aromatic heterocycles. The van der Waals surface area contributed by atoms with Crippen LogP contribution in [0.5, 0.6) is 0 Å². The number of hydrogen-bond donors (Lipinski definition) is 1. The van der Waals surface area contributed by atoms with Crippen LogP contribution in [0.4, 0.5) is 10.1 Å². The van der Waals surface area contributed by atoms with E-state index < -0.39 is 0 Å². The summed E-state index contributed by atoms with van der Waals surface area (Å²) in [5.74, 6) is 0.693. The summed E-state index contributed by atoms with van der Waals surface area (Å²) in [6, 6.07) is 6.30. The van der Waals surface area contributed by atoms with Crippen LogP contribution in [0.25, 0.3) is 0 Å². The van der Waals surface area contributed by atoms with Gasteiger partial charge in [-0.25, -0.2) is 4.39 Å². The van der Waals surface area contributed by atoms with Gasteiger partial charge in [0.2, 0.25) is 0 Å². The van der Waals surface area contributed by atoms with Crippen LogP contribution in [0.1, 0.15) is 31.2 Å². The first-order valence-electron chi connectivity index (χ1n) is 6.95. The fourth-order valence-electron chi connectivity index (χ4n) is 2.31. The van der Waals surface area contributed by atoms with Gasteiger partial charge >= 0.3 is 0 Å². The van der Waals surface area contributed by atoms with E-state index in [0.29, 0.717) is 6.04 Å². The van der Waals surface area contributed by atoms with Crippen LogP contribution >= 0.6 is 0 Å². The summed E-state index contributed by atoms with van der Waals surface area (Å²) in [4.78, 5) is 2.05. The molecule has 2 nitrogen and oxygen atoms in total. The number of anilines is 1. The standard InChI is InChI=1S/C15H21FN2/c1-18(10-11-2-3-11)15-7-4-12(8-14(15)16)9-17-13-5-6-13/h4,7-8,11,13,17H,2-3,5-6,9-10H2,1H3. The first kappa shape index (κ1) is 12.0. The van der Waals surface area contributed by atoms with E-state index in [-0.39, 0.29) is 5.82 Å². The zero-order valence-corrected chi connectivity index (χ0v) is 11.0. The van der Waals surface area contributed by atoms with Crippen molar-refractivity contribution in [2.75, 3.05) is 18.5 Å². The van der Waals surface area contributed by atoms with E-state index in [4.69, 9.17) is 0 Å². The Morgan fingerprint density at radius 3 is 2.67 bits per heavy atom. The van der Waals surface area contributed by atoms with Crippen molar-refractivity contribution in [3.05, 3.63) is 29.6 Å². The highest BCUT2D eigenvalue weighted by Crippen LogP contribution is 2.31. The second-order valence-electron chi connectivity index (χ2n) is 5.76. The summed E-state index contributed by atoms with van der Waals surface area (Å²) >= 11 is 0. The third-order valence-corrected chi connectivity index (χ3v) is 3.82. The number of benzene rings is 1. The van der Waals surface area contributed by atoms with Crippen molar-refractivity contribution in [1.82, 2.24) is 5.32 Å². The van der Waals surface area contributed by atoms with Crippen LogP contribution in [-0.4, -0.2) is 19.6 Å². The smallest absolute Gasteiger partial charge is 0.146 e. The van der Waals surface area contributed by atoms with Gasteiger partial charge in [0.05, 0.1) is 5.69 Å². The van der Waals surface area contributed by atoms with Gasteiger partial charge in [0.15, 0.2) is 0 Å². The lowest BCUT2D eigenvalue weighted by Gasteiger charge is -2.20. The molecule has 1 N–H and O–H groups in total. The van der Waals surface area contributed by atoms with Crippen molar-refractivity contribution >= 4 is 5.69 Å². The maximum absolute atomic E-state index is 14.0. The average Bonchev–Trinajstić information content (AvgIpc) is 3.21. The maximum Gasteiger partial charge on any atom is 0.146 e. The van der Waals surface area contributed by atoms with E-state index in [9.17, 15) is 4.39 Å². The Kier molecular flexibility index (Phi) is 3.25. The van der Waals surface area contributed by atoms with Crippen molar-refractivity contribution in [3.63, 3.8) is 0 Å². The fraction of sp³-hybridized carbons (Fsp3) is 0.600. The number of nitrogens with zero attached hydrogens (tertiary/aromatic N) is 1. The molecule has 0 saturated heterocycles. The molecule has 0 aliphatic heterocycles. The summed E-state index contributed by atoms with van der Waals surface area (Å²) in [5, 5.41) is 3.41. The van der Waals surface area contributed by atoms with E-state index in [1.54, 1.807) is 6.07 Å². The largest absolute Gasteiger partial charge is 0.372 e. The van der Waals surface area contributed by atoms with E-state index in [1.807, 2.05) is 24.1 Å². The monoisotopic (exact) mass is 248 g/mol. The molecule has 0 atom stereocenters. The van der Waals surface area contributed by atoms with Gasteiger partial charge in [0.25, 0.3) is 0 Å². The third kappa shape index (κ3) is 3.02. The predicted molar refractivity (Wildman–Crippen MR) is 72.3 cm³/mol. The van der Waals surface area contributed by atoms with E-state index in [2.05, 4.69) is 5.32 Å². The van der Waals surface area contributed by atoms with E-state index in [1.165, 1.54) is 25.7 Å². The van der Waals surface area contributed by atoms with Crippen molar-refractivity contribution in [2.45, 2.75) is 38.3 Å². The Morgan fingerprint density at radius 1 is 1.28 bits per heavy atom. The molecule has 2 saturated carbocycles. The SMILES string of the molecule is CN(CC1CC1)c1ccc(CNC2CC2)cc1F. The molecule has 0 bridgehead atoms. The minimum absolute atomic E-state index is 0.0896. The van der Waals surface area contributed by atoms with Crippen LogP contribution in [0.15, 0.2) is 18.2 Å². The Labute approximate surface area is 108 Å². The molecule has 2 fully saturated rings. The Hall–Kier alpha value is -1.09. The van der Waals surface area contributed by atoms with Gasteiger partial charge in [-0.1, -0.05) is 6.07 Å². The molecule has 3 heteroatoms. The number of hydrogen-bond acceptors (Lipinski definition) is 2. The molecule has 3 rings (SSSR count). The lowest BCUT2D eigenvalue weighted by atomic mass is 10.1. The topological polar surface area (TPSA) is 15.3 Å². The number of halogens is 1. The van der Waals surface area contributed by atoms with Crippen LogP contribution in [0, 0.1) is 11.7 Å². The van der Waals surface area contributed by atoms with Crippen LogP contribution in [0.3, 0.4) is 0 Å². The molecule has 1 aromatic carbocycles. The first-order valence-corrected chi connectivity index (χ1v) is 6.95. The van der Waals surface area contributed by atoms with E-state index >= 15 is 0 Å². The molecule has 1 aromatic rings. The first-order chi connectivity index (χ1) is 8.72. The molecule has 0 amide bonds. The Balaban J connectivity index is 1.62. The van der Waals surface area contributed by atoms with Gasteiger partial charge < -0.3 is 10.2 Å². The van der Waals surface area contributed by atoms with Gasteiger partial charge in [-0.3, -0.25) is 0 Å². The molecule has 18 heavy (non-hydrogen) atoms. The number of rotatable bonds is 6. The van der Waals surface area contributed by atoms with Gasteiger partial charge in [-0.05, 0) is 49.3 Å². The highest BCUT2D eigenvalue weighted by molar-refractivity contribution is 5.48. The van der Waals surface area contributed by atoms with Gasteiger partial charge in [0.1, 0.15) is 5.82 Å².